The molecule has 0 bridgehead atoms. The molecule has 0 aromatic carbocycles. The predicted octanol–water partition coefficient (Wildman–Crippen LogP) is 0.333. The highest BCUT2D eigenvalue weighted by Gasteiger charge is 2.72. The van der Waals surface area contributed by atoms with Crippen molar-refractivity contribution < 1.29 is 29.6 Å². The highest BCUT2D eigenvalue weighted by molar-refractivity contribution is 5.86. The molecule has 3 N–H and O–H groups in total. The number of carbonyl (C=O) groups excluding carboxylic acids is 1. The lowest BCUT2D eigenvalue weighted by Crippen LogP contribution is -2.82. The molecule has 0 radical (unpaired) electrons. The number of allylic oxidation sites excluding steroid dienone is 1. The van der Waals surface area contributed by atoms with Gasteiger partial charge in [0.1, 0.15) is 17.3 Å². The molecule has 6 nitrogen and oxygen atoms in total. The monoisotopic (exact) mass is 314 g/mol. The van der Waals surface area contributed by atoms with Crippen molar-refractivity contribution >= 4 is 5.78 Å². The number of aliphatic hydroxyl groups is 3. The summed E-state index contributed by atoms with van der Waals surface area (Å²) in [6.45, 7) is 5.09. The smallest absolute Gasteiger partial charge is 0.164 e. The van der Waals surface area contributed by atoms with E-state index in [0.717, 1.165) is 5.57 Å². The molecule has 0 aromatic heterocycles. The summed E-state index contributed by atoms with van der Waals surface area (Å²) in [5.41, 5.74) is -4.60. The van der Waals surface area contributed by atoms with Crippen LogP contribution in [-0.2, 0) is 14.3 Å². The van der Waals surface area contributed by atoms with Crippen LogP contribution in [-0.4, -0.2) is 63.8 Å². The third-order valence-electron chi connectivity index (χ3n) is 5.06. The first-order chi connectivity index (χ1) is 10.1. The fourth-order valence-electron chi connectivity index (χ4n) is 3.64. The Balaban J connectivity index is 2.45. The minimum atomic E-state index is -2.11. The summed E-state index contributed by atoms with van der Waals surface area (Å²) in [5.74, 6) is -0.321. The van der Waals surface area contributed by atoms with Gasteiger partial charge in [0.25, 0.3) is 0 Å². The normalized spacial score (nSPS) is 45.3. The van der Waals surface area contributed by atoms with E-state index in [1.807, 2.05) is 19.9 Å². The molecular weight excluding hydrogens is 288 g/mol. The standard InChI is InChI=1S/C16H26O6/c1-10(2)5-6-12-14(3,18)16(20)13(21-4)11(17)7-8-15(16,19)9-22-12/h5,12-13,18-20H,6-9H2,1-4H3/t12-,13-,14+,15+,16+/m1/s1. The Kier molecular flexibility index (Phi) is 4.54. The van der Waals surface area contributed by atoms with Crippen molar-refractivity contribution in [3.05, 3.63) is 11.6 Å². The summed E-state index contributed by atoms with van der Waals surface area (Å²) < 4.78 is 10.8. The number of hydrogen-bond acceptors (Lipinski definition) is 6. The molecule has 2 rings (SSSR count). The molecule has 0 spiro atoms. The topological polar surface area (TPSA) is 96.2 Å². The fraction of sp³-hybridized carbons (Fsp3) is 0.812. The van der Waals surface area contributed by atoms with E-state index in [9.17, 15) is 20.1 Å². The molecule has 22 heavy (non-hydrogen) atoms. The molecule has 0 amide bonds. The van der Waals surface area contributed by atoms with Gasteiger partial charge in [-0.3, -0.25) is 4.79 Å². The van der Waals surface area contributed by atoms with Crippen molar-refractivity contribution in [3.63, 3.8) is 0 Å². The fourth-order valence-corrected chi connectivity index (χ4v) is 3.64. The quantitative estimate of drug-likeness (QED) is 0.650. The lowest BCUT2D eigenvalue weighted by Gasteiger charge is -2.60. The maximum Gasteiger partial charge on any atom is 0.164 e. The van der Waals surface area contributed by atoms with Crippen molar-refractivity contribution in [3.8, 4) is 0 Å². The van der Waals surface area contributed by atoms with Gasteiger partial charge in [-0.1, -0.05) is 11.6 Å². The second-order valence-electron chi connectivity index (χ2n) is 6.84. The average Bonchev–Trinajstić information content (AvgIpc) is 2.42. The van der Waals surface area contributed by atoms with E-state index in [1.165, 1.54) is 14.0 Å². The SMILES string of the molecule is CO[C@@H]1C(=O)CC[C@]2(O)CO[C@H](CC=C(C)C)[C@](C)(O)[C@@]12O. The molecule has 2 aliphatic rings. The number of hydrogen-bond donors (Lipinski definition) is 3. The summed E-state index contributed by atoms with van der Waals surface area (Å²) in [4.78, 5) is 12.1. The highest BCUT2D eigenvalue weighted by atomic mass is 16.6. The van der Waals surface area contributed by atoms with Crippen molar-refractivity contribution in [2.75, 3.05) is 13.7 Å². The zero-order valence-corrected chi connectivity index (χ0v) is 13.6. The average molecular weight is 314 g/mol. The Morgan fingerprint density at radius 3 is 2.59 bits per heavy atom. The van der Waals surface area contributed by atoms with E-state index in [-0.39, 0.29) is 25.2 Å². The van der Waals surface area contributed by atoms with E-state index in [1.54, 1.807) is 0 Å². The number of carbonyl (C=O) groups is 1. The summed E-state index contributed by atoms with van der Waals surface area (Å²) in [7, 11) is 1.29. The van der Waals surface area contributed by atoms with Gasteiger partial charge in [-0.2, -0.15) is 0 Å². The van der Waals surface area contributed by atoms with Crippen molar-refractivity contribution in [1.29, 1.82) is 0 Å². The van der Waals surface area contributed by atoms with Gasteiger partial charge >= 0.3 is 0 Å². The zero-order valence-electron chi connectivity index (χ0n) is 13.6. The second kappa shape index (κ2) is 5.69. The largest absolute Gasteiger partial charge is 0.384 e. The maximum absolute atomic E-state index is 12.1. The van der Waals surface area contributed by atoms with Crippen LogP contribution in [0.25, 0.3) is 0 Å². The van der Waals surface area contributed by atoms with Gasteiger partial charge in [0.05, 0.1) is 12.7 Å². The van der Waals surface area contributed by atoms with Crippen LogP contribution in [0.2, 0.25) is 0 Å². The van der Waals surface area contributed by atoms with Gasteiger partial charge in [0.15, 0.2) is 11.4 Å². The molecular formula is C16H26O6. The molecule has 1 saturated carbocycles. The second-order valence-corrected chi connectivity index (χ2v) is 6.84. The molecule has 1 heterocycles. The van der Waals surface area contributed by atoms with Crippen molar-refractivity contribution in [1.82, 2.24) is 0 Å². The Hall–Kier alpha value is -0.790. The number of rotatable bonds is 3. The Labute approximate surface area is 130 Å². The molecule has 0 unspecified atom stereocenters. The van der Waals surface area contributed by atoms with Gasteiger partial charge < -0.3 is 24.8 Å². The summed E-state index contributed by atoms with van der Waals surface area (Å²) in [5, 5.41) is 33.0. The van der Waals surface area contributed by atoms with Gasteiger partial charge in [-0.15, -0.1) is 0 Å². The molecule has 5 atom stereocenters. The minimum Gasteiger partial charge on any atom is -0.384 e. The third kappa shape index (κ3) is 2.34. The van der Waals surface area contributed by atoms with Crippen LogP contribution < -0.4 is 0 Å². The Bertz CT molecular complexity index is 481. The van der Waals surface area contributed by atoms with Gasteiger partial charge in [-0.05, 0) is 33.6 Å². The first kappa shape index (κ1) is 17.6. The van der Waals surface area contributed by atoms with E-state index in [2.05, 4.69) is 0 Å². The van der Waals surface area contributed by atoms with Crippen LogP contribution in [0, 0.1) is 0 Å². The molecule has 0 aromatic rings. The Morgan fingerprint density at radius 2 is 2.05 bits per heavy atom. The molecule has 126 valence electrons. The predicted molar refractivity (Wildman–Crippen MR) is 79.3 cm³/mol. The number of ether oxygens (including phenoxy) is 2. The van der Waals surface area contributed by atoms with Crippen molar-refractivity contribution in [2.24, 2.45) is 0 Å². The maximum atomic E-state index is 12.1. The van der Waals surface area contributed by atoms with Gasteiger partial charge in [-0.25, -0.2) is 0 Å². The van der Waals surface area contributed by atoms with Crippen LogP contribution in [0.3, 0.4) is 0 Å². The molecule has 6 heteroatoms. The van der Waals surface area contributed by atoms with Gasteiger partial charge in [0, 0.05) is 13.5 Å². The van der Waals surface area contributed by atoms with Crippen LogP contribution in [0.1, 0.15) is 40.0 Å². The molecule has 1 aliphatic carbocycles. The van der Waals surface area contributed by atoms with E-state index < -0.39 is 29.0 Å². The number of Topliss-reactive ketones (excluding diaryl/α,β-unsaturated/α-hetero) is 1. The summed E-state index contributed by atoms with van der Waals surface area (Å²) in [6.07, 6.45) is 0.358. The summed E-state index contributed by atoms with van der Waals surface area (Å²) in [6, 6.07) is 0. The molecule has 1 aliphatic heterocycles. The minimum absolute atomic E-state index is 0.0354. The van der Waals surface area contributed by atoms with Gasteiger partial charge in [0.2, 0.25) is 0 Å². The third-order valence-corrected chi connectivity index (χ3v) is 5.06. The summed E-state index contributed by atoms with van der Waals surface area (Å²) >= 11 is 0. The number of ketones is 1. The van der Waals surface area contributed by atoms with E-state index in [4.69, 9.17) is 9.47 Å². The van der Waals surface area contributed by atoms with E-state index >= 15 is 0 Å². The highest BCUT2D eigenvalue weighted by Crippen LogP contribution is 2.50. The van der Waals surface area contributed by atoms with Crippen LogP contribution in [0.5, 0.6) is 0 Å². The zero-order chi connectivity index (χ0) is 16.8. The lowest BCUT2D eigenvalue weighted by atomic mass is 9.58. The van der Waals surface area contributed by atoms with E-state index in [0.29, 0.717) is 6.42 Å². The Morgan fingerprint density at radius 1 is 1.41 bits per heavy atom. The molecule has 2 fully saturated rings. The van der Waals surface area contributed by atoms with Crippen LogP contribution in [0.15, 0.2) is 11.6 Å². The van der Waals surface area contributed by atoms with Crippen LogP contribution in [0.4, 0.5) is 0 Å². The number of methoxy groups -OCH3 is 1. The first-order valence-electron chi connectivity index (χ1n) is 7.58. The number of fused-ring (bicyclic) bond motifs is 1. The lowest BCUT2D eigenvalue weighted by molar-refractivity contribution is -0.353. The van der Waals surface area contributed by atoms with Crippen LogP contribution >= 0.6 is 0 Å². The first-order valence-corrected chi connectivity index (χ1v) is 7.58. The molecule has 1 saturated heterocycles. The van der Waals surface area contributed by atoms with Crippen molar-refractivity contribution in [2.45, 2.75) is 69.0 Å².